The van der Waals surface area contributed by atoms with Crippen LogP contribution in [0.2, 0.25) is 0 Å². The number of ether oxygens (including phenoxy) is 1. The first kappa shape index (κ1) is 14.7. The SMILES string of the molecule is N=C(N)NCCC[C@H](NCC1CCCO1)C(=O)O. The number of carboxylic acids is 1. The van der Waals surface area contributed by atoms with Gasteiger partial charge in [0.05, 0.1) is 6.10 Å². The molecule has 1 saturated heterocycles. The maximum absolute atomic E-state index is 11.0. The second kappa shape index (κ2) is 7.88. The molecule has 0 aromatic rings. The first-order valence-electron chi connectivity index (χ1n) is 6.25. The van der Waals surface area contributed by atoms with Gasteiger partial charge in [0.2, 0.25) is 0 Å². The number of nitrogens with two attached hydrogens (primary N) is 1. The van der Waals surface area contributed by atoms with Crippen molar-refractivity contribution in [2.45, 2.75) is 37.8 Å². The largest absolute Gasteiger partial charge is 0.480 e. The summed E-state index contributed by atoms with van der Waals surface area (Å²) in [5, 5.41) is 21.7. The minimum Gasteiger partial charge on any atom is -0.480 e. The van der Waals surface area contributed by atoms with Gasteiger partial charge in [0.15, 0.2) is 5.96 Å². The lowest BCUT2D eigenvalue weighted by Gasteiger charge is -2.17. The Morgan fingerprint density at radius 1 is 1.61 bits per heavy atom. The molecule has 1 aliphatic rings. The Morgan fingerprint density at radius 2 is 2.39 bits per heavy atom. The van der Waals surface area contributed by atoms with E-state index in [0.717, 1.165) is 19.4 Å². The molecule has 0 radical (unpaired) electrons. The first-order valence-corrected chi connectivity index (χ1v) is 6.25. The third-order valence-electron chi connectivity index (χ3n) is 2.90. The van der Waals surface area contributed by atoms with Crippen LogP contribution >= 0.6 is 0 Å². The van der Waals surface area contributed by atoms with E-state index >= 15 is 0 Å². The van der Waals surface area contributed by atoms with E-state index in [0.29, 0.717) is 25.9 Å². The van der Waals surface area contributed by atoms with E-state index in [1.165, 1.54) is 0 Å². The van der Waals surface area contributed by atoms with Gasteiger partial charge in [-0.2, -0.15) is 0 Å². The standard InChI is InChI=1S/C11H22N4O3/c12-11(13)14-5-1-4-9(10(16)17)15-7-8-3-2-6-18-8/h8-9,15H,1-7H2,(H,16,17)(H4,12,13,14)/t8?,9-/m0/s1. The van der Waals surface area contributed by atoms with Gasteiger partial charge in [0.25, 0.3) is 0 Å². The van der Waals surface area contributed by atoms with Crippen LogP contribution in [0.25, 0.3) is 0 Å². The second-order valence-electron chi connectivity index (χ2n) is 4.42. The average molecular weight is 258 g/mol. The van der Waals surface area contributed by atoms with E-state index in [-0.39, 0.29) is 12.1 Å². The molecular formula is C11H22N4O3. The Balaban J connectivity index is 2.17. The molecule has 18 heavy (non-hydrogen) atoms. The van der Waals surface area contributed by atoms with E-state index in [9.17, 15) is 4.79 Å². The predicted octanol–water partition coefficient (Wildman–Crippen LogP) is -0.529. The highest BCUT2D eigenvalue weighted by molar-refractivity contribution is 5.74. The van der Waals surface area contributed by atoms with Crippen molar-refractivity contribution in [3.8, 4) is 0 Å². The van der Waals surface area contributed by atoms with Crippen LogP contribution in [0.15, 0.2) is 0 Å². The molecule has 1 aliphatic heterocycles. The zero-order valence-corrected chi connectivity index (χ0v) is 10.4. The van der Waals surface area contributed by atoms with Crippen LogP contribution in [0, 0.1) is 5.41 Å². The van der Waals surface area contributed by atoms with E-state index in [4.69, 9.17) is 21.0 Å². The molecule has 0 bridgehead atoms. The monoisotopic (exact) mass is 258 g/mol. The van der Waals surface area contributed by atoms with Gasteiger partial charge in [-0.05, 0) is 25.7 Å². The molecule has 0 spiro atoms. The summed E-state index contributed by atoms with van der Waals surface area (Å²) in [5.74, 6) is -0.940. The maximum atomic E-state index is 11.0. The van der Waals surface area contributed by atoms with E-state index in [1.54, 1.807) is 0 Å². The summed E-state index contributed by atoms with van der Waals surface area (Å²) in [6.45, 7) is 1.87. The number of hydrogen-bond acceptors (Lipinski definition) is 4. The third-order valence-corrected chi connectivity index (χ3v) is 2.90. The molecule has 1 rings (SSSR count). The first-order chi connectivity index (χ1) is 8.59. The Hall–Kier alpha value is -1.34. The number of nitrogens with one attached hydrogen (secondary N) is 3. The van der Waals surface area contributed by atoms with Gasteiger partial charge in [0.1, 0.15) is 6.04 Å². The van der Waals surface area contributed by atoms with E-state index < -0.39 is 12.0 Å². The van der Waals surface area contributed by atoms with Crippen molar-refractivity contribution >= 4 is 11.9 Å². The van der Waals surface area contributed by atoms with Gasteiger partial charge in [-0.3, -0.25) is 10.2 Å². The molecule has 0 amide bonds. The molecule has 104 valence electrons. The number of hydrogen-bond donors (Lipinski definition) is 5. The van der Waals surface area contributed by atoms with Crippen LogP contribution in [0.1, 0.15) is 25.7 Å². The molecule has 6 N–H and O–H groups in total. The van der Waals surface area contributed by atoms with E-state index in [2.05, 4.69) is 10.6 Å². The molecule has 1 heterocycles. The van der Waals surface area contributed by atoms with Crippen molar-refractivity contribution in [3.05, 3.63) is 0 Å². The topological polar surface area (TPSA) is 120 Å². The molecule has 0 aromatic carbocycles. The zero-order valence-electron chi connectivity index (χ0n) is 10.4. The second-order valence-corrected chi connectivity index (χ2v) is 4.42. The van der Waals surface area contributed by atoms with Gasteiger partial charge in [-0.15, -0.1) is 0 Å². The van der Waals surface area contributed by atoms with Gasteiger partial charge in [-0.25, -0.2) is 0 Å². The van der Waals surface area contributed by atoms with Crippen LogP contribution in [0.5, 0.6) is 0 Å². The summed E-state index contributed by atoms with van der Waals surface area (Å²) in [6.07, 6.45) is 3.33. The number of carbonyl (C=O) groups is 1. The van der Waals surface area contributed by atoms with Crippen LogP contribution in [-0.2, 0) is 9.53 Å². The molecule has 1 unspecified atom stereocenters. The maximum Gasteiger partial charge on any atom is 0.320 e. The molecule has 7 heteroatoms. The van der Waals surface area contributed by atoms with Crippen molar-refractivity contribution in [1.82, 2.24) is 10.6 Å². The fraction of sp³-hybridized carbons (Fsp3) is 0.818. The molecule has 0 aromatic heterocycles. The van der Waals surface area contributed by atoms with Crippen LogP contribution in [-0.4, -0.2) is 48.9 Å². The Labute approximate surface area is 107 Å². The van der Waals surface area contributed by atoms with Gasteiger partial charge in [0, 0.05) is 19.7 Å². The lowest BCUT2D eigenvalue weighted by atomic mass is 10.1. The normalized spacial score (nSPS) is 20.6. The summed E-state index contributed by atoms with van der Waals surface area (Å²) in [6, 6.07) is -0.567. The minimum absolute atomic E-state index is 0.0887. The summed E-state index contributed by atoms with van der Waals surface area (Å²) in [7, 11) is 0. The van der Waals surface area contributed by atoms with Crippen molar-refractivity contribution in [1.29, 1.82) is 5.41 Å². The highest BCUT2D eigenvalue weighted by Crippen LogP contribution is 2.11. The molecular weight excluding hydrogens is 236 g/mol. The lowest BCUT2D eigenvalue weighted by molar-refractivity contribution is -0.139. The zero-order chi connectivity index (χ0) is 13.4. The minimum atomic E-state index is -0.851. The highest BCUT2D eigenvalue weighted by Gasteiger charge is 2.20. The van der Waals surface area contributed by atoms with Crippen molar-refractivity contribution in [2.24, 2.45) is 5.73 Å². The smallest absolute Gasteiger partial charge is 0.320 e. The Bertz CT molecular complexity index is 279. The number of aliphatic carboxylic acids is 1. The van der Waals surface area contributed by atoms with Crippen LogP contribution in [0.4, 0.5) is 0 Å². The van der Waals surface area contributed by atoms with Crippen LogP contribution < -0.4 is 16.4 Å². The van der Waals surface area contributed by atoms with E-state index in [1.807, 2.05) is 0 Å². The number of carboxylic acid groups (broad SMARTS) is 1. The molecule has 2 atom stereocenters. The highest BCUT2D eigenvalue weighted by atomic mass is 16.5. The fourth-order valence-electron chi connectivity index (χ4n) is 1.92. The summed E-state index contributed by atoms with van der Waals surface area (Å²) in [4.78, 5) is 11.0. The fourth-order valence-corrected chi connectivity index (χ4v) is 1.92. The molecule has 0 aliphatic carbocycles. The van der Waals surface area contributed by atoms with Crippen molar-refractivity contribution in [2.75, 3.05) is 19.7 Å². The summed E-state index contributed by atoms with van der Waals surface area (Å²) >= 11 is 0. The predicted molar refractivity (Wildman–Crippen MR) is 67.6 cm³/mol. The molecule has 1 fully saturated rings. The van der Waals surface area contributed by atoms with Gasteiger partial charge >= 0.3 is 5.97 Å². The van der Waals surface area contributed by atoms with Gasteiger partial charge < -0.3 is 26.2 Å². The van der Waals surface area contributed by atoms with Gasteiger partial charge in [-0.1, -0.05) is 0 Å². The quantitative estimate of drug-likeness (QED) is 0.227. The summed E-state index contributed by atoms with van der Waals surface area (Å²) < 4.78 is 5.43. The van der Waals surface area contributed by atoms with Crippen molar-refractivity contribution in [3.63, 3.8) is 0 Å². The number of guanidine groups is 1. The third kappa shape index (κ3) is 5.83. The molecule has 0 saturated carbocycles. The Kier molecular flexibility index (Phi) is 6.45. The summed E-state index contributed by atoms with van der Waals surface area (Å²) in [5.41, 5.74) is 5.13. The lowest BCUT2D eigenvalue weighted by Crippen LogP contribution is -2.41. The van der Waals surface area contributed by atoms with Crippen LogP contribution in [0.3, 0.4) is 0 Å². The Morgan fingerprint density at radius 3 is 2.94 bits per heavy atom. The number of rotatable bonds is 8. The van der Waals surface area contributed by atoms with Crippen molar-refractivity contribution < 1.29 is 14.6 Å². The average Bonchev–Trinajstić information content (AvgIpc) is 2.80. The molecule has 7 nitrogen and oxygen atoms in total.